The molecule has 0 unspecified atom stereocenters. The van der Waals surface area contributed by atoms with Crippen molar-refractivity contribution in [2.75, 3.05) is 57.9 Å². The molecule has 2 fully saturated rings. The van der Waals surface area contributed by atoms with Crippen molar-refractivity contribution in [3.63, 3.8) is 0 Å². The van der Waals surface area contributed by atoms with Crippen molar-refractivity contribution in [3.8, 4) is 5.75 Å². The number of nitrogens with one attached hydrogen (secondary N) is 1. The topological polar surface area (TPSA) is 101 Å². The number of carbonyl (C=O) groups is 1. The van der Waals surface area contributed by atoms with Gasteiger partial charge in [0.05, 0.1) is 33.9 Å². The number of amides is 1. The number of benzene rings is 3. The fourth-order valence-electron chi connectivity index (χ4n) is 4.59. The van der Waals surface area contributed by atoms with E-state index in [0.29, 0.717) is 46.4 Å². The standard InChI is InChI=1S/C27H28N4O5S2/c32-26(29-27-28-23-7-6-21(18-25(23)37-27)38(33,34)31-8-3-9-31)22-16-19-4-1-2-5-20(19)17-24(22)36-15-12-30-10-13-35-14-11-30/h1-2,4-7,16-18H,3,8-15H2,(H,28,29,32). The molecule has 3 heterocycles. The summed E-state index contributed by atoms with van der Waals surface area (Å²) < 4.78 is 39.3. The molecule has 198 valence electrons. The van der Waals surface area contributed by atoms with Crippen LogP contribution in [0.2, 0.25) is 0 Å². The van der Waals surface area contributed by atoms with E-state index in [-0.39, 0.29) is 10.8 Å². The fourth-order valence-corrected chi connectivity index (χ4v) is 7.10. The molecule has 0 atom stereocenters. The summed E-state index contributed by atoms with van der Waals surface area (Å²) in [7, 11) is -3.50. The third-order valence-corrected chi connectivity index (χ3v) is 9.72. The number of anilines is 1. The van der Waals surface area contributed by atoms with Crippen molar-refractivity contribution < 1.29 is 22.7 Å². The van der Waals surface area contributed by atoms with Gasteiger partial charge >= 0.3 is 0 Å². The van der Waals surface area contributed by atoms with E-state index in [1.54, 1.807) is 18.2 Å². The molecule has 6 rings (SSSR count). The molecule has 2 saturated heterocycles. The highest BCUT2D eigenvalue weighted by Crippen LogP contribution is 2.32. The van der Waals surface area contributed by atoms with Gasteiger partial charge in [-0.05, 0) is 47.5 Å². The molecule has 0 spiro atoms. The minimum Gasteiger partial charge on any atom is -0.491 e. The summed E-state index contributed by atoms with van der Waals surface area (Å²) in [6.45, 7) is 5.47. The van der Waals surface area contributed by atoms with E-state index < -0.39 is 10.0 Å². The van der Waals surface area contributed by atoms with E-state index in [4.69, 9.17) is 9.47 Å². The number of morpholine rings is 1. The zero-order chi connectivity index (χ0) is 26.1. The monoisotopic (exact) mass is 552 g/mol. The van der Waals surface area contributed by atoms with Crippen LogP contribution in [0.25, 0.3) is 21.0 Å². The third kappa shape index (κ3) is 5.12. The SMILES string of the molecule is O=C(Nc1nc2ccc(S(=O)(=O)N3CCC3)cc2s1)c1cc2ccccc2cc1OCCN1CCOCC1. The Balaban J connectivity index is 1.23. The largest absolute Gasteiger partial charge is 0.491 e. The van der Waals surface area contributed by atoms with Crippen LogP contribution >= 0.6 is 11.3 Å². The minimum atomic E-state index is -3.50. The Morgan fingerprint density at radius 1 is 1.03 bits per heavy atom. The van der Waals surface area contributed by atoms with Crippen molar-refractivity contribution in [2.24, 2.45) is 0 Å². The second-order valence-electron chi connectivity index (χ2n) is 9.36. The molecule has 38 heavy (non-hydrogen) atoms. The maximum absolute atomic E-state index is 13.4. The molecule has 2 aliphatic rings. The Hall–Kier alpha value is -3.09. The van der Waals surface area contributed by atoms with Gasteiger partial charge in [-0.25, -0.2) is 13.4 Å². The number of thiazole rings is 1. The summed E-state index contributed by atoms with van der Waals surface area (Å²) in [6.07, 6.45) is 0.881. The molecule has 11 heteroatoms. The number of hydrogen-bond donors (Lipinski definition) is 1. The summed E-state index contributed by atoms with van der Waals surface area (Å²) in [5.41, 5.74) is 1.05. The van der Waals surface area contributed by atoms with Crippen LogP contribution in [0, 0.1) is 0 Å². The summed E-state index contributed by atoms with van der Waals surface area (Å²) in [5.74, 6) is 0.183. The fraction of sp³-hybridized carbons (Fsp3) is 0.333. The number of hydrogen-bond acceptors (Lipinski definition) is 8. The highest BCUT2D eigenvalue weighted by atomic mass is 32.2. The molecule has 0 radical (unpaired) electrons. The molecule has 1 aromatic heterocycles. The van der Waals surface area contributed by atoms with Crippen LogP contribution in [-0.4, -0.2) is 81.1 Å². The first-order valence-corrected chi connectivity index (χ1v) is 14.9. The van der Waals surface area contributed by atoms with Gasteiger partial charge in [-0.2, -0.15) is 4.31 Å². The average molecular weight is 553 g/mol. The molecule has 0 aliphatic carbocycles. The van der Waals surface area contributed by atoms with E-state index in [2.05, 4.69) is 15.2 Å². The number of carbonyl (C=O) groups excluding carboxylic acids is 1. The smallest absolute Gasteiger partial charge is 0.261 e. The number of sulfonamides is 1. The molecular formula is C27H28N4O5S2. The zero-order valence-electron chi connectivity index (χ0n) is 20.8. The lowest BCUT2D eigenvalue weighted by molar-refractivity contribution is 0.0322. The number of nitrogens with zero attached hydrogens (tertiary/aromatic N) is 3. The van der Waals surface area contributed by atoms with Crippen LogP contribution in [0.3, 0.4) is 0 Å². The van der Waals surface area contributed by atoms with Crippen LogP contribution in [0.1, 0.15) is 16.8 Å². The Labute approximate surface area is 225 Å². The van der Waals surface area contributed by atoms with Gasteiger partial charge in [-0.1, -0.05) is 35.6 Å². The predicted octanol–water partition coefficient (Wildman–Crippen LogP) is 3.81. The molecule has 0 bridgehead atoms. The van der Waals surface area contributed by atoms with Crippen LogP contribution in [0.5, 0.6) is 5.75 Å². The van der Waals surface area contributed by atoms with Gasteiger partial charge in [0.2, 0.25) is 10.0 Å². The number of fused-ring (bicyclic) bond motifs is 2. The first-order chi connectivity index (χ1) is 18.5. The molecule has 1 amide bonds. The normalized spacial score (nSPS) is 16.9. The molecule has 4 aromatic rings. The Morgan fingerprint density at radius 3 is 2.53 bits per heavy atom. The minimum absolute atomic E-state index is 0.247. The van der Waals surface area contributed by atoms with Gasteiger partial charge in [0, 0.05) is 32.7 Å². The lowest BCUT2D eigenvalue weighted by Crippen LogP contribution is -2.41. The van der Waals surface area contributed by atoms with Gasteiger partial charge in [0.15, 0.2) is 5.13 Å². The lowest BCUT2D eigenvalue weighted by atomic mass is 10.1. The average Bonchev–Trinajstić information content (AvgIpc) is 3.29. The number of ether oxygens (including phenoxy) is 2. The van der Waals surface area contributed by atoms with E-state index in [1.165, 1.54) is 15.6 Å². The van der Waals surface area contributed by atoms with Gasteiger partial charge < -0.3 is 9.47 Å². The zero-order valence-corrected chi connectivity index (χ0v) is 22.4. The molecule has 0 saturated carbocycles. The number of aromatic nitrogens is 1. The summed E-state index contributed by atoms with van der Waals surface area (Å²) in [4.78, 5) is 20.5. The van der Waals surface area contributed by atoms with Crippen LogP contribution in [-0.2, 0) is 14.8 Å². The summed E-state index contributed by atoms with van der Waals surface area (Å²) in [5, 5.41) is 5.22. The second kappa shape index (κ2) is 10.6. The van der Waals surface area contributed by atoms with Gasteiger partial charge in [0.1, 0.15) is 12.4 Å². The maximum atomic E-state index is 13.4. The van der Waals surface area contributed by atoms with Crippen molar-refractivity contribution in [3.05, 3.63) is 60.2 Å². The predicted molar refractivity (Wildman–Crippen MR) is 148 cm³/mol. The van der Waals surface area contributed by atoms with Gasteiger partial charge in [-0.15, -0.1) is 0 Å². The van der Waals surface area contributed by atoms with Crippen LogP contribution in [0.15, 0.2) is 59.5 Å². The van der Waals surface area contributed by atoms with E-state index >= 15 is 0 Å². The Morgan fingerprint density at radius 2 is 1.79 bits per heavy atom. The highest BCUT2D eigenvalue weighted by molar-refractivity contribution is 7.89. The van der Waals surface area contributed by atoms with Crippen LogP contribution in [0.4, 0.5) is 5.13 Å². The summed E-state index contributed by atoms with van der Waals surface area (Å²) in [6, 6.07) is 16.5. The van der Waals surface area contributed by atoms with Gasteiger partial charge in [0.25, 0.3) is 5.91 Å². The van der Waals surface area contributed by atoms with Crippen molar-refractivity contribution in [1.82, 2.24) is 14.2 Å². The molecular weight excluding hydrogens is 524 g/mol. The lowest BCUT2D eigenvalue weighted by Gasteiger charge is -2.29. The van der Waals surface area contributed by atoms with Crippen LogP contribution < -0.4 is 10.1 Å². The number of rotatable bonds is 8. The van der Waals surface area contributed by atoms with Crippen molar-refractivity contribution in [1.29, 1.82) is 0 Å². The highest BCUT2D eigenvalue weighted by Gasteiger charge is 2.29. The van der Waals surface area contributed by atoms with Crippen molar-refractivity contribution >= 4 is 53.4 Å². The molecule has 9 nitrogen and oxygen atoms in total. The van der Waals surface area contributed by atoms with E-state index in [0.717, 1.165) is 50.0 Å². The molecule has 2 aliphatic heterocycles. The van der Waals surface area contributed by atoms with Crippen molar-refractivity contribution in [2.45, 2.75) is 11.3 Å². The first kappa shape index (κ1) is 25.2. The van der Waals surface area contributed by atoms with Gasteiger partial charge in [-0.3, -0.25) is 15.0 Å². The van der Waals surface area contributed by atoms with E-state index in [1.807, 2.05) is 36.4 Å². The quantitative estimate of drug-likeness (QED) is 0.355. The molecule has 3 aromatic carbocycles. The Kier molecular flexibility index (Phi) is 7.02. The second-order valence-corrected chi connectivity index (χ2v) is 12.3. The van der Waals surface area contributed by atoms with E-state index in [9.17, 15) is 13.2 Å². The summed E-state index contributed by atoms with van der Waals surface area (Å²) >= 11 is 1.25. The Bertz CT molecular complexity index is 1590. The maximum Gasteiger partial charge on any atom is 0.261 e. The molecule has 1 N–H and O–H groups in total. The first-order valence-electron chi connectivity index (χ1n) is 12.7. The third-order valence-electron chi connectivity index (χ3n) is 6.89.